The Kier molecular flexibility index (Phi) is 4.59. The zero-order valence-electron chi connectivity index (χ0n) is 12.0. The molecule has 1 heterocycles. The monoisotopic (exact) mass is 259 g/mol. The molecule has 1 aliphatic heterocycles. The van der Waals surface area contributed by atoms with Gasteiger partial charge in [0, 0.05) is 18.5 Å². The van der Waals surface area contributed by atoms with Crippen molar-refractivity contribution < 1.29 is 0 Å². The van der Waals surface area contributed by atoms with Crippen molar-refractivity contribution >= 4 is 5.84 Å². The van der Waals surface area contributed by atoms with E-state index >= 15 is 0 Å². The SMILES string of the molecule is CC1CCCN(C(CC(=N)N)c2ccccc2)C1C. The molecule has 0 spiro atoms. The van der Waals surface area contributed by atoms with Gasteiger partial charge in [0.25, 0.3) is 0 Å². The van der Waals surface area contributed by atoms with Crippen LogP contribution in [-0.4, -0.2) is 23.3 Å². The highest BCUT2D eigenvalue weighted by atomic mass is 15.2. The molecule has 1 saturated heterocycles. The van der Waals surface area contributed by atoms with Gasteiger partial charge in [-0.05, 0) is 37.8 Å². The number of likely N-dealkylation sites (tertiary alicyclic amines) is 1. The zero-order chi connectivity index (χ0) is 13.8. The Morgan fingerprint density at radius 2 is 2.05 bits per heavy atom. The normalized spacial score (nSPS) is 26.0. The van der Waals surface area contributed by atoms with Crippen LogP contribution in [0.1, 0.15) is 44.7 Å². The summed E-state index contributed by atoms with van der Waals surface area (Å²) < 4.78 is 0. The van der Waals surface area contributed by atoms with Crippen LogP contribution in [0.15, 0.2) is 30.3 Å². The van der Waals surface area contributed by atoms with Gasteiger partial charge in [-0.2, -0.15) is 0 Å². The van der Waals surface area contributed by atoms with Gasteiger partial charge in [0.05, 0.1) is 5.84 Å². The van der Waals surface area contributed by atoms with E-state index in [1.165, 1.54) is 18.4 Å². The van der Waals surface area contributed by atoms with Gasteiger partial charge in [-0.25, -0.2) is 0 Å². The molecular weight excluding hydrogens is 234 g/mol. The maximum Gasteiger partial charge on any atom is 0.0924 e. The summed E-state index contributed by atoms with van der Waals surface area (Å²) in [4.78, 5) is 2.53. The minimum absolute atomic E-state index is 0.247. The minimum Gasteiger partial charge on any atom is -0.388 e. The van der Waals surface area contributed by atoms with E-state index in [1.807, 2.05) is 6.07 Å². The molecule has 3 N–H and O–H groups in total. The summed E-state index contributed by atoms with van der Waals surface area (Å²) in [5, 5.41) is 7.66. The van der Waals surface area contributed by atoms with Crippen molar-refractivity contribution in [3.05, 3.63) is 35.9 Å². The Morgan fingerprint density at radius 3 is 2.68 bits per heavy atom. The number of nitrogens with zero attached hydrogens (tertiary/aromatic N) is 1. The van der Waals surface area contributed by atoms with Crippen LogP contribution in [0, 0.1) is 11.3 Å². The molecule has 0 aromatic heterocycles. The standard InChI is InChI=1S/C16H25N3/c1-12-7-6-10-19(13(12)2)15(11-16(17)18)14-8-4-3-5-9-14/h3-5,8-9,12-13,15H,6-7,10-11H2,1-2H3,(H3,17,18). The van der Waals surface area contributed by atoms with Crippen molar-refractivity contribution in [3.63, 3.8) is 0 Å². The van der Waals surface area contributed by atoms with Gasteiger partial charge in [0.1, 0.15) is 0 Å². The molecule has 3 nitrogen and oxygen atoms in total. The van der Waals surface area contributed by atoms with Gasteiger partial charge in [-0.3, -0.25) is 10.3 Å². The molecule has 3 heteroatoms. The lowest BCUT2D eigenvalue weighted by molar-refractivity contribution is 0.0702. The molecule has 0 amide bonds. The van der Waals surface area contributed by atoms with Gasteiger partial charge < -0.3 is 5.73 Å². The fraction of sp³-hybridized carbons (Fsp3) is 0.562. The van der Waals surface area contributed by atoms with E-state index in [0.717, 1.165) is 6.54 Å². The predicted octanol–water partition coefficient (Wildman–Crippen LogP) is 3.17. The van der Waals surface area contributed by atoms with E-state index < -0.39 is 0 Å². The lowest BCUT2D eigenvalue weighted by atomic mass is 9.88. The number of rotatable bonds is 4. The third-order valence-electron chi connectivity index (χ3n) is 4.42. The zero-order valence-corrected chi connectivity index (χ0v) is 12.0. The van der Waals surface area contributed by atoms with Crippen LogP contribution < -0.4 is 5.73 Å². The molecule has 104 valence electrons. The van der Waals surface area contributed by atoms with E-state index in [0.29, 0.717) is 18.4 Å². The molecule has 0 bridgehead atoms. The Balaban J connectivity index is 2.24. The van der Waals surface area contributed by atoms with Crippen LogP contribution in [0.4, 0.5) is 0 Å². The second-order valence-corrected chi connectivity index (χ2v) is 5.75. The molecule has 0 radical (unpaired) electrons. The van der Waals surface area contributed by atoms with Gasteiger partial charge in [-0.15, -0.1) is 0 Å². The van der Waals surface area contributed by atoms with Crippen LogP contribution in [-0.2, 0) is 0 Å². The summed E-state index contributed by atoms with van der Waals surface area (Å²) >= 11 is 0. The van der Waals surface area contributed by atoms with Crippen molar-refractivity contribution in [2.24, 2.45) is 11.7 Å². The molecule has 1 fully saturated rings. The molecule has 19 heavy (non-hydrogen) atoms. The van der Waals surface area contributed by atoms with Gasteiger partial charge in [-0.1, -0.05) is 37.3 Å². The number of piperidine rings is 1. The molecule has 2 rings (SSSR count). The van der Waals surface area contributed by atoms with E-state index in [4.69, 9.17) is 11.1 Å². The largest absolute Gasteiger partial charge is 0.388 e. The quantitative estimate of drug-likeness (QED) is 0.644. The molecule has 0 aliphatic carbocycles. The maximum atomic E-state index is 7.66. The second kappa shape index (κ2) is 6.20. The van der Waals surface area contributed by atoms with E-state index in [2.05, 4.69) is 43.0 Å². The van der Waals surface area contributed by atoms with Gasteiger partial charge >= 0.3 is 0 Å². The molecular formula is C16H25N3. The van der Waals surface area contributed by atoms with Crippen LogP contribution >= 0.6 is 0 Å². The van der Waals surface area contributed by atoms with Crippen molar-refractivity contribution in [1.29, 1.82) is 5.41 Å². The van der Waals surface area contributed by atoms with Crippen molar-refractivity contribution in [3.8, 4) is 0 Å². The fourth-order valence-electron chi connectivity index (χ4n) is 3.12. The fourth-order valence-corrected chi connectivity index (χ4v) is 3.12. The first-order chi connectivity index (χ1) is 9.09. The third kappa shape index (κ3) is 3.35. The summed E-state index contributed by atoms with van der Waals surface area (Å²) in [6.07, 6.45) is 3.17. The minimum atomic E-state index is 0.247. The summed E-state index contributed by atoms with van der Waals surface area (Å²) in [7, 11) is 0. The molecule has 1 aromatic carbocycles. The second-order valence-electron chi connectivity index (χ2n) is 5.75. The average molecular weight is 259 g/mol. The number of hydrogen-bond acceptors (Lipinski definition) is 2. The number of amidine groups is 1. The highest BCUT2D eigenvalue weighted by Gasteiger charge is 2.31. The Morgan fingerprint density at radius 1 is 1.37 bits per heavy atom. The maximum absolute atomic E-state index is 7.66. The summed E-state index contributed by atoms with van der Waals surface area (Å²) in [5.74, 6) is 0.992. The van der Waals surface area contributed by atoms with E-state index in [9.17, 15) is 0 Å². The van der Waals surface area contributed by atoms with Gasteiger partial charge in [0.2, 0.25) is 0 Å². The van der Waals surface area contributed by atoms with Crippen molar-refractivity contribution in [2.45, 2.75) is 45.2 Å². The number of benzene rings is 1. The third-order valence-corrected chi connectivity index (χ3v) is 4.42. The Labute approximate surface area is 116 Å². The first-order valence-corrected chi connectivity index (χ1v) is 7.23. The predicted molar refractivity (Wildman–Crippen MR) is 80.3 cm³/mol. The lowest BCUT2D eigenvalue weighted by Gasteiger charge is -2.43. The molecule has 0 saturated carbocycles. The smallest absolute Gasteiger partial charge is 0.0924 e. The molecule has 3 atom stereocenters. The number of nitrogens with one attached hydrogen (secondary N) is 1. The van der Waals surface area contributed by atoms with E-state index in [-0.39, 0.29) is 11.9 Å². The van der Waals surface area contributed by atoms with Crippen molar-refractivity contribution in [2.75, 3.05) is 6.54 Å². The highest BCUT2D eigenvalue weighted by Crippen LogP contribution is 2.33. The topological polar surface area (TPSA) is 53.1 Å². The first-order valence-electron chi connectivity index (χ1n) is 7.23. The molecule has 3 unspecified atom stereocenters. The van der Waals surface area contributed by atoms with Crippen LogP contribution in [0.5, 0.6) is 0 Å². The van der Waals surface area contributed by atoms with Crippen molar-refractivity contribution in [1.82, 2.24) is 4.90 Å². The van der Waals surface area contributed by atoms with Gasteiger partial charge in [0.15, 0.2) is 0 Å². The summed E-state index contributed by atoms with van der Waals surface area (Å²) in [6, 6.07) is 11.3. The van der Waals surface area contributed by atoms with Crippen LogP contribution in [0.25, 0.3) is 0 Å². The average Bonchev–Trinajstić information content (AvgIpc) is 2.40. The van der Waals surface area contributed by atoms with Crippen LogP contribution in [0.2, 0.25) is 0 Å². The summed E-state index contributed by atoms with van der Waals surface area (Å²) in [6.45, 7) is 5.74. The Bertz CT molecular complexity index is 415. The number of nitrogens with two attached hydrogens (primary N) is 1. The molecule has 1 aliphatic rings. The number of hydrogen-bond donors (Lipinski definition) is 2. The highest BCUT2D eigenvalue weighted by molar-refractivity contribution is 5.77. The Hall–Kier alpha value is -1.35. The van der Waals surface area contributed by atoms with E-state index in [1.54, 1.807) is 0 Å². The van der Waals surface area contributed by atoms with Crippen LogP contribution in [0.3, 0.4) is 0 Å². The summed E-state index contributed by atoms with van der Waals surface area (Å²) in [5.41, 5.74) is 6.95. The molecule has 1 aromatic rings. The first kappa shape index (κ1) is 14.1. The lowest BCUT2D eigenvalue weighted by Crippen LogP contribution is -2.45.